The standard InChI is InChI=1S/C19H27N3O4S/c1-21(2)19(24)14-6-8-16(9-7-14)22(27(3,25)26)12-18(23)20-17-11-13-4-5-15(17)10-13/h6-9,13,15,17H,4-5,10-12H2,1-3H3,(H,20,23). The molecule has 0 aliphatic heterocycles. The van der Waals surface area contributed by atoms with E-state index in [1.807, 2.05) is 0 Å². The fraction of sp³-hybridized carbons (Fsp3) is 0.579. The molecule has 0 saturated heterocycles. The number of carbonyl (C=O) groups excluding carboxylic acids is 2. The molecule has 1 aromatic carbocycles. The van der Waals surface area contributed by atoms with Crippen LogP contribution in [-0.4, -0.2) is 58.1 Å². The molecule has 2 fully saturated rings. The van der Waals surface area contributed by atoms with E-state index in [1.54, 1.807) is 38.4 Å². The third kappa shape index (κ3) is 4.43. The van der Waals surface area contributed by atoms with E-state index in [9.17, 15) is 18.0 Å². The van der Waals surface area contributed by atoms with Gasteiger partial charge in [0.25, 0.3) is 5.91 Å². The predicted molar refractivity (Wildman–Crippen MR) is 104 cm³/mol. The van der Waals surface area contributed by atoms with E-state index in [0.717, 1.165) is 23.4 Å². The Morgan fingerprint density at radius 2 is 1.78 bits per heavy atom. The number of fused-ring (bicyclic) bond motifs is 2. The molecule has 0 aromatic heterocycles. The summed E-state index contributed by atoms with van der Waals surface area (Å²) in [5, 5.41) is 3.02. The van der Waals surface area contributed by atoms with Crippen LogP contribution in [0, 0.1) is 11.8 Å². The van der Waals surface area contributed by atoms with E-state index in [4.69, 9.17) is 0 Å². The van der Waals surface area contributed by atoms with Gasteiger partial charge < -0.3 is 10.2 Å². The molecule has 3 unspecified atom stereocenters. The van der Waals surface area contributed by atoms with Crippen LogP contribution in [0.4, 0.5) is 5.69 Å². The summed E-state index contributed by atoms with van der Waals surface area (Å²) >= 11 is 0. The molecule has 8 heteroatoms. The molecule has 0 radical (unpaired) electrons. The van der Waals surface area contributed by atoms with Crippen molar-refractivity contribution in [2.75, 3.05) is 31.2 Å². The molecule has 1 aromatic rings. The molecule has 3 atom stereocenters. The second-order valence-corrected chi connectivity index (χ2v) is 9.77. The summed E-state index contributed by atoms with van der Waals surface area (Å²) in [6.45, 7) is -0.256. The molecule has 2 aliphatic carbocycles. The maximum Gasteiger partial charge on any atom is 0.253 e. The number of hydrogen-bond donors (Lipinski definition) is 1. The molecule has 0 heterocycles. The van der Waals surface area contributed by atoms with Gasteiger partial charge in [0.05, 0.1) is 11.9 Å². The summed E-state index contributed by atoms with van der Waals surface area (Å²) in [6.07, 6.45) is 5.63. The second-order valence-electron chi connectivity index (χ2n) is 7.86. The molecule has 3 rings (SSSR count). The van der Waals surface area contributed by atoms with Crippen LogP contribution in [0.15, 0.2) is 24.3 Å². The highest BCUT2D eigenvalue weighted by molar-refractivity contribution is 7.92. The lowest BCUT2D eigenvalue weighted by atomic mass is 9.95. The number of hydrogen-bond acceptors (Lipinski definition) is 4. The smallest absolute Gasteiger partial charge is 0.253 e. The summed E-state index contributed by atoms with van der Waals surface area (Å²) in [5.74, 6) is 0.781. The fourth-order valence-electron chi connectivity index (χ4n) is 4.23. The quantitative estimate of drug-likeness (QED) is 0.793. The van der Waals surface area contributed by atoms with Gasteiger partial charge in [0.2, 0.25) is 15.9 Å². The molecular weight excluding hydrogens is 366 g/mol. The molecule has 0 spiro atoms. The largest absolute Gasteiger partial charge is 0.352 e. The van der Waals surface area contributed by atoms with Crippen molar-refractivity contribution < 1.29 is 18.0 Å². The van der Waals surface area contributed by atoms with Gasteiger partial charge in [0, 0.05) is 25.7 Å². The van der Waals surface area contributed by atoms with Gasteiger partial charge in [-0.1, -0.05) is 6.42 Å². The number of nitrogens with one attached hydrogen (secondary N) is 1. The minimum absolute atomic E-state index is 0.165. The summed E-state index contributed by atoms with van der Waals surface area (Å²) in [5.41, 5.74) is 0.833. The molecule has 1 N–H and O–H groups in total. The Bertz CT molecular complexity index is 820. The Kier molecular flexibility index (Phi) is 5.46. The maximum absolute atomic E-state index is 12.5. The van der Waals surface area contributed by atoms with Gasteiger partial charge in [-0.05, 0) is 55.4 Å². The van der Waals surface area contributed by atoms with Gasteiger partial charge in [-0.25, -0.2) is 8.42 Å². The van der Waals surface area contributed by atoms with Crippen LogP contribution in [-0.2, 0) is 14.8 Å². The molecule has 2 aliphatic rings. The van der Waals surface area contributed by atoms with Crippen LogP contribution in [0.5, 0.6) is 0 Å². The highest BCUT2D eigenvalue weighted by Gasteiger charge is 2.40. The van der Waals surface area contributed by atoms with Crippen molar-refractivity contribution in [3.05, 3.63) is 29.8 Å². The van der Waals surface area contributed by atoms with E-state index in [-0.39, 0.29) is 24.4 Å². The van der Waals surface area contributed by atoms with Crippen molar-refractivity contribution in [3.63, 3.8) is 0 Å². The molecule has 2 bridgehead atoms. The number of sulfonamides is 1. The fourth-order valence-corrected chi connectivity index (χ4v) is 5.09. The van der Waals surface area contributed by atoms with E-state index in [1.165, 1.54) is 17.7 Å². The number of anilines is 1. The summed E-state index contributed by atoms with van der Waals surface area (Å²) < 4.78 is 25.5. The highest BCUT2D eigenvalue weighted by atomic mass is 32.2. The van der Waals surface area contributed by atoms with Crippen LogP contribution < -0.4 is 9.62 Å². The lowest BCUT2D eigenvalue weighted by Crippen LogP contribution is -2.45. The topological polar surface area (TPSA) is 86.8 Å². The summed E-state index contributed by atoms with van der Waals surface area (Å²) in [6, 6.07) is 6.43. The Balaban J connectivity index is 1.70. The van der Waals surface area contributed by atoms with Crippen molar-refractivity contribution in [2.24, 2.45) is 11.8 Å². The number of rotatable bonds is 6. The Hall–Kier alpha value is -2.09. The average molecular weight is 394 g/mol. The third-order valence-corrected chi connectivity index (χ3v) is 6.72. The normalized spacial score (nSPS) is 23.9. The van der Waals surface area contributed by atoms with Crippen molar-refractivity contribution in [2.45, 2.75) is 31.7 Å². The van der Waals surface area contributed by atoms with E-state index in [0.29, 0.717) is 23.1 Å². The second kappa shape index (κ2) is 7.50. The van der Waals surface area contributed by atoms with Gasteiger partial charge in [-0.3, -0.25) is 13.9 Å². The van der Waals surface area contributed by atoms with Gasteiger partial charge in [0.1, 0.15) is 6.54 Å². The monoisotopic (exact) mass is 393 g/mol. The molecule has 7 nitrogen and oxygen atoms in total. The number of nitrogens with zero attached hydrogens (tertiary/aromatic N) is 2. The first-order valence-electron chi connectivity index (χ1n) is 9.24. The Morgan fingerprint density at radius 3 is 2.26 bits per heavy atom. The summed E-state index contributed by atoms with van der Waals surface area (Å²) in [4.78, 5) is 25.9. The predicted octanol–water partition coefficient (Wildman–Crippen LogP) is 1.46. The van der Waals surface area contributed by atoms with Gasteiger partial charge in [-0.15, -0.1) is 0 Å². The van der Waals surface area contributed by atoms with Gasteiger partial charge in [0.15, 0.2) is 0 Å². The molecule has 2 saturated carbocycles. The number of carbonyl (C=O) groups is 2. The van der Waals surface area contributed by atoms with Crippen LogP contribution in [0.2, 0.25) is 0 Å². The number of benzene rings is 1. The first-order chi connectivity index (χ1) is 12.6. The summed E-state index contributed by atoms with van der Waals surface area (Å²) in [7, 11) is -0.326. The Morgan fingerprint density at radius 1 is 1.11 bits per heavy atom. The first-order valence-corrected chi connectivity index (χ1v) is 11.1. The van der Waals surface area contributed by atoms with Crippen LogP contribution >= 0.6 is 0 Å². The number of amides is 2. The third-order valence-electron chi connectivity index (χ3n) is 5.58. The van der Waals surface area contributed by atoms with Gasteiger partial charge in [-0.2, -0.15) is 0 Å². The molecule has 148 valence electrons. The van der Waals surface area contributed by atoms with Crippen LogP contribution in [0.3, 0.4) is 0 Å². The van der Waals surface area contributed by atoms with E-state index in [2.05, 4.69) is 5.32 Å². The zero-order valence-corrected chi connectivity index (χ0v) is 16.8. The Labute approximate surface area is 160 Å². The minimum Gasteiger partial charge on any atom is -0.352 e. The van der Waals surface area contributed by atoms with E-state index < -0.39 is 10.0 Å². The van der Waals surface area contributed by atoms with Crippen molar-refractivity contribution in [3.8, 4) is 0 Å². The van der Waals surface area contributed by atoms with E-state index >= 15 is 0 Å². The zero-order valence-electron chi connectivity index (χ0n) is 16.0. The van der Waals surface area contributed by atoms with Crippen LogP contribution in [0.1, 0.15) is 36.0 Å². The minimum atomic E-state index is -3.63. The zero-order chi connectivity index (χ0) is 19.8. The molecule has 2 amide bonds. The lowest BCUT2D eigenvalue weighted by Gasteiger charge is -2.26. The van der Waals surface area contributed by atoms with Crippen LogP contribution in [0.25, 0.3) is 0 Å². The van der Waals surface area contributed by atoms with Crippen molar-refractivity contribution in [1.29, 1.82) is 0 Å². The van der Waals surface area contributed by atoms with Crippen molar-refractivity contribution >= 4 is 27.5 Å². The van der Waals surface area contributed by atoms with Crippen molar-refractivity contribution in [1.82, 2.24) is 10.2 Å². The molecular formula is C19H27N3O4S. The highest BCUT2D eigenvalue weighted by Crippen LogP contribution is 2.44. The lowest BCUT2D eigenvalue weighted by molar-refractivity contribution is -0.120. The van der Waals surface area contributed by atoms with Gasteiger partial charge >= 0.3 is 0 Å². The maximum atomic E-state index is 12.5. The molecule has 27 heavy (non-hydrogen) atoms. The SMILES string of the molecule is CN(C)C(=O)c1ccc(N(CC(=O)NC2CC3CCC2C3)S(C)(=O)=O)cc1. The first kappa shape index (κ1) is 19.7. The average Bonchev–Trinajstić information content (AvgIpc) is 3.21.